The second-order valence-electron chi connectivity index (χ2n) is 5.87. The lowest BCUT2D eigenvalue weighted by atomic mass is 10.1. The molecule has 1 aromatic rings. The van der Waals surface area contributed by atoms with Crippen LogP contribution in [0.1, 0.15) is 26.0 Å². The van der Waals surface area contributed by atoms with E-state index in [9.17, 15) is 8.42 Å². The molecule has 0 aliphatic carbocycles. The molecule has 0 bridgehead atoms. The first-order chi connectivity index (χ1) is 9.93. The summed E-state index contributed by atoms with van der Waals surface area (Å²) in [6.07, 6.45) is 2.44. The highest BCUT2D eigenvalue weighted by Crippen LogP contribution is 2.24. The number of aromatic nitrogens is 1. The van der Waals surface area contributed by atoms with Crippen molar-refractivity contribution >= 4 is 10.0 Å². The van der Waals surface area contributed by atoms with Crippen molar-refractivity contribution in [2.45, 2.75) is 37.8 Å². The van der Waals surface area contributed by atoms with Crippen molar-refractivity contribution in [2.75, 3.05) is 26.8 Å². The van der Waals surface area contributed by atoms with E-state index in [-0.39, 0.29) is 0 Å². The van der Waals surface area contributed by atoms with E-state index < -0.39 is 10.0 Å². The number of rotatable bonds is 7. The molecule has 1 fully saturated rings. The highest BCUT2D eigenvalue weighted by molar-refractivity contribution is 7.89. The Morgan fingerprint density at radius 1 is 1.52 bits per heavy atom. The molecular formula is C14H25N3O3S. The third kappa shape index (κ3) is 4.06. The predicted molar refractivity (Wildman–Crippen MR) is 81.5 cm³/mol. The van der Waals surface area contributed by atoms with Gasteiger partial charge in [0, 0.05) is 44.7 Å². The Hall–Kier alpha value is -0.890. The fraction of sp³-hybridized carbons (Fsp3) is 0.714. The Kier molecular flexibility index (Phi) is 5.43. The minimum absolute atomic E-state index is 0.297. The molecule has 0 aromatic carbocycles. The lowest BCUT2D eigenvalue weighted by Gasteiger charge is -2.15. The monoisotopic (exact) mass is 315 g/mol. The van der Waals surface area contributed by atoms with Crippen molar-refractivity contribution in [3.05, 3.63) is 18.0 Å². The van der Waals surface area contributed by atoms with Crippen LogP contribution in [0.15, 0.2) is 17.2 Å². The fourth-order valence-corrected chi connectivity index (χ4v) is 4.07. The minimum atomic E-state index is -3.39. The summed E-state index contributed by atoms with van der Waals surface area (Å²) in [4.78, 5) is 3.38. The summed E-state index contributed by atoms with van der Waals surface area (Å²) in [5, 5.41) is 3.26. The molecule has 1 unspecified atom stereocenters. The molecule has 0 spiro atoms. The highest BCUT2D eigenvalue weighted by atomic mass is 32.2. The van der Waals surface area contributed by atoms with Crippen LogP contribution in [0, 0.1) is 5.92 Å². The molecule has 1 aliphatic rings. The maximum atomic E-state index is 12.6. The molecule has 1 aliphatic heterocycles. The van der Waals surface area contributed by atoms with Crippen molar-refractivity contribution in [3.63, 3.8) is 0 Å². The number of hydrogen-bond donors (Lipinski definition) is 2. The first kappa shape index (κ1) is 16.5. The number of nitrogens with one attached hydrogen (secondary N) is 2. The average molecular weight is 315 g/mol. The molecule has 7 heteroatoms. The van der Waals surface area contributed by atoms with Gasteiger partial charge in [0.1, 0.15) is 0 Å². The average Bonchev–Trinajstić information content (AvgIpc) is 3.06. The van der Waals surface area contributed by atoms with Gasteiger partial charge in [-0.2, -0.15) is 4.31 Å². The molecule has 1 atom stereocenters. The van der Waals surface area contributed by atoms with Gasteiger partial charge >= 0.3 is 0 Å². The summed E-state index contributed by atoms with van der Waals surface area (Å²) in [5.41, 5.74) is 0.884. The normalized spacial score (nSPS) is 20.5. The molecule has 1 aromatic heterocycles. The van der Waals surface area contributed by atoms with Crippen molar-refractivity contribution in [1.29, 1.82) is 0 Å². The smallest absolute Gasteiger partial charge is 0.244 e. The Labute approximate surface area is 126 Å². The Morgan fingerprint density at radius 2 is 2.29 bits per heavy atom. The summed E-state index contributed by atoms with van der Waals surface area (Å²) in [7, 11) is -1.74. The number of ether oxygens (including phenoxy) is 1. The lowest BCUT2D eigenvalue weighted by molar-refractivity contribution is 0.157. The summed E-state index contributed by atoms with van der Waals surface area (Å²) < 4.78 is 31.8. The van der Waals surface area contributed by atoms with E-state index in [2.05, 4.69) is 24.1 Å². The van der Waals surface area contributed by atoms with Gasteiger partial charge in [-0.15, -0.1) is 0 Å². The Balaban J connectivity index is 2.03. The van der Waals surface area contributed by atoms with Crippen LogP contribution in [0.25, 0.3) is 0 Å². The van der Waals surface area contributed by atoms with E-state index in [4.69, 9.17) is 4.74 Å². The summed E-state index contributed by atoms with van der Waals surface area (Å²) in [6, 6.07) is 2.08. The molecule has 2 N–H and O–H groups in total. The van der Waals surface area contributed by atoms with Crippen LogP contribution >= 0.6 is 0 Å². The van der Waals surface area contributed by atoms with Gasteiger partial charge in [0.15, 0.2) is 0 Å². The van der Waals surface area contributed by atoms with Crippen LogP contribution in [0.5, 0.6) is 0 Å². The molecule has 0 saturated carbocycles. The van der Waals surface area contributed by atoms with Crippen molar-refractivity contribution in [3.8, 4) is 0 Å². The molecule has 2 heterocycles. The Bertz CT molecular complexity index is 554. The standard InChI is InChI=1S/C14H25N3O3S/c1-11(2)15-7-13-6-14(8-16-13)21(18,19)17-5-4-12(9-17)10-20-3/h6,8,11-12,15-16H,4-5,7,9-10H2,1-3H3. The third-order valence-electron chi connectivity index (χ3n) is 3.71. The van der Waals surface area contributed by atoms with E-state index >= 15 is 0 Å². The zero-order chi connectivity index (χ0) is 15.5. The maximum absolute atomic E-state index is 12.6. The molecule has 1 saturated heterocycles. The van der Waals surface area contributed by atoms with Gasteiger partial charge < -0.3 is 15.0 Å². The zero-order valence-electron chi connectivity index (χ0n) is 12.9. The minimum Gasteiger partial charge on any atom is -0.384 e. The van der Waals surface area contributed by atoms with Crippen LogP contribution < -0.4 is 5.32 Å². The number of nitrogens with zero attached hydrogens (tertiary/aromatic N) is 1. The lowest BCUT2D eigenvalue weighted by Crippen LogP contribution is -2.29. The van der Waals surface area contributed by atoms with Crippen LogP contribution in [-0.2, 0) is 21.3 Å². The number of H-pyrrole nitrogens is 1. The quantitative estimate of drug-likeness (QED) is 0.792. The second-order valence-corrected chi connectivity index (χ2v) is 7.81. The highest BCUT2D eigenvalue weighted by Gasteiger charge is 2.32. The van der Waals surface area contributed by atoms with Crippen molar-refractivity contribution in [1.82, 2.24) is 14.6 Å². The molecule has 120 valence electrons. The van der Waals surface area contributed by atoms with Gasteiger partial charge in [0.05, 0.1) is 11.5 Å². The van der Waals surface area contributed by atoms with Gasteiger partial charge in [0.2, 0.25) is 10.0 Å². The second kappa shape index (κ2) is 6.91. The molecule has 6 nitrogen and oxygen atoms in total. The molecule has 0 radical (unpaired) electrons. The van der Waals surface area contributed by atoms with Gasteiger partial charge in [0.25, 0.3) is 0 Å². The summed E-state index contributed by atoms with van der Waals surface area (Å²) in [5.74, 6) is 0.297. The summed E-state index contributed by atoms with van der Waals surface area (Å²) in [6.45, 7) is 6.48. The Morgan fingerprint density at radius 3 is 2.95 bits per heavy atom. The molecule has 21 heavy (non-hydrogen) atoms. The molecule has 2 rings (SSSR count). The van der Waals surface area contributed by atoms with E-state index in [0.717, 1.165) is 12.1 Å². The molecular weight excluding hydrogens is 290 g/mol. The molecule has 0 amide bonds. The first-order valence-electron chi connectivity index (χ1n) is 7.33. The van der Waals surface area contributed by atoms with E-state index in [1.807, 2.05) is 0 Å². The van der Waals surface area contributed by atoms with Crippen LogP contribution in [0.4, 0.5) is 0 Å². The van der Waals surface area contributed by atoms with Gasteiger partial charge in [-0.25, -0.2) is 8.42 Å². The van der Waals surface area contributed by atoms with Gasteiger partial charge in [-0.05, 0) is 18.4 Å². The van der Waals surface area contributed by atoms with E-state index in [0.29, 0.717) is 43.1 Å². The maximum Gasteiger partial charge on any atom is 0.244 e. The number of sulfonamides is 1. The topological polar surface area (TPSA) is 74.4 Å². The largest absolute Gasteiger partial charge is 0.384 e. The van der Waals surface area contributed by atoms with Crippen molar-refractivity contribution < 1.29 is 13.2 Å². The number of aromatic amines is 1. The number of hydrogen-bond acceptors (Lipinski definition) is 4. The predicted octanol–water partition coefficient (Wildman–Crippen LogP) is 1.17. The van der Waals surface area contributed by atoms with Crippen molar-refractivity contribution in [2.24, 2.45) is 5.92 Å². The van der Waals surface area contributed by atoms with Crippen LogP contribution in [0.2, 0.25) is 0 Å². The third-order valence-corrected chi connectivity index (χ3v) is 5.55. The van der Waals surface area contributed by atoms with E-state index in [1.165, 1.54) is 0 Å². The van der Waals surface area contributed by atoms with Gasteiger partial charge in [-0.3, -0.25) is 0 Å². The SMILES string of the molecule is COCC1CCN(S(=O)(=O)c2c[nH]c(CNC(C)C)c2)C1. The first-order valence-corrected chi connectivity index (χ1v) is 8.77. The van der Waals surface area contributed by atoms with E-state index in [1.54, 1.807) is 23.7 Å². The fourth-order valence-electron chi connectivity index (χ4n) is 2.52. The van der Waals surface area contributed by atoms with Gasteiger partial charge in [-0.1, -0.05) is 13.8 Å². The summed E-state index contributed by atoms with van der Waals surface area (Å²) >= 11 is 0. The van der Waals surface area contributed by atoms with Crippen LogP contribution in [-0.4, -0.2) is 50.6 Å². The van der Waals surface area contributed by atoms with Crippen LogP contribution in [0.3, 0.4) is 0 Å². The number of methoxy groups -OCH3 is 1. The zero-order valence-corrected chi connectivity index (χ0v) is 13.7.